The van der Waals surface area contributed by atoms with Gasteiger partial charge in [0, 0.05) is 10.6 Å². The molecule has 0 spiro atoms. The maximum absolute atomic E-state index is 12.7. The summed E-state index contributed by atoms with van der Waals surface area (Å²) in [6.45, 7) is 11.1. The van der Waals surface area contributed by atoms with Gasteiger partial charge in [-0.3, -0.25) is 9.59 Å². The van der Waals surface area contributed by atoms with Crippen LogP contribution in [0.25, 0.3) is 5.57 Å². The van der Waals surface area contributed by atoms with E-state index in [1.54, 1.807) is 39.0 Å². The third kappa shape index (κ3) is 3.70. The SMILES string of the molecule is CC(C)C1(C)NC(=O)C(c2ccc(Cl)cc2Cl)=C1OC(=O)C(C)(C)C. The zero-order valence-corrected chi connectivity index (χ0v) is 16.8. The maximum Gasteiger partial charge on any atom is 0.316 e. The highest BCUT2D eigenvalue weighted by atomic mass is 35.5. The van der Waals surface area contributed by atoms with Crippen molar-refractivity contribution in [2.75, 3.05) is 0 Å². The van der Waals surface area contributed by atoms with E-state index in [0.29, 0.717) is 21.4 Å². The fourth-order valence-electron chi connectivity index (χ4n) is 2.46. The van der Waals surface area contributed by atoms with Gasteiger partial charge in [-0.15, -0.1) is 0 Å². The summed E-state index contributed by atoms with van der Waals surface area (Å²) in [5, 5.41) is 3.74. The first kappa shape index (κ1) is 19.8. The van der Waals surface area contributed by atoms with E-state index in [4.69, 9.17) is 27.9 Å². The van der Waals surface area contributed by atoms with Crippen LogP contribution in [0.2, 0.25) is 10.0 Å². The number of carbonyl (C=O) groups excluding carboxylic acids is 2. The molecule has 1 aliphatic heterocycles. The Morgan fingerprint density at radius 2 is 1.84 bits per heavy atom. The lowest BCUT2D eigenvalue weighted by atomic mass is 9.86. The Morgan fingerprint density at radius 3 is 2.32 bits per heavy atom. The maximum atomic E-state index is 12.7. The molecule has 1 aromatic rings. The van der Waals surface area contributed by atoms with Crippen molar-refractivity contribution in [1.29, 1.82) is 0 Å². The lowest BCUT2D eigenvalue weighted by Crippen LogP contribution is -2.47. The Bertz CT molecular complexity index is 762. The van der Waals surface area contributed by atoms with Gasteiger partial charge < -0.3 is 10.1 Å². The number of hydrogen-bond donors (Lipinski definition) is 1. The van der Waals surface area contributed by atoms with Crippen molar-refractivity contribution >= 4 is 40.7 Å². The van der Waals surface area contributed by atoms with E-state index in [-0.39, 0.29) is 17.4 Å². The van der Waals surface area contributed by atoms with Crippen LogP contribution in [0.15, 0.2) is 24.0 Å². The van der Waals surface area contributed by atoms with Crippen LogP contribution in [0.1, 0.15) is 47.1 Å². The summed E-state index contributed by atoms with van der Waals surface area (Å²) in [6, 6.07) is 4.88. The number of carbonyl (C=O) groups is 2. The normalized spacial score (nSPS) is 20.9. The lowest BCUT2D eigenvalue weighted by Gasteiger charge is -2.32. The van der Waals surface area contributed by atoms with Crippen LogP contribution in [-0.4, -0.2) is 17.4 Å². The number of ether oxygens (including phenoxy) is 1. The van der Waals surface area contributed by atoms with E-state index in [1.807, 2.05) is 20.8 Å². The molecule has 1 amide bonds. The Balaban J connectivity index is 2.68. The van der Waals surface area contributed by atoms with Crippen molar-refractivity contribution in [2.24, 2.45) is 11.3 Å². The molecule has 1 aromatic carbocycles. The van der Waals surface area contributed by atoms with E-state index >= 15 is 0 Å². The Morgan fingerprint density at radius 1 is 1.24 bits per heavy atom. The highest BCUT2D eigenvalue weighted by Crippen LogP contribution is 2.41. The highest BCUT2D eigenvalue weighted by Gasteiger charge is 2.48. The molecule has 1 atom stereocenters. The molecule has 0 radical (unpaired) electrons. The summed E-state index contributed by atoms with van der Waals surface area (Å²) in [5.41, 5.74) is -0.748. The summed E-state index contributed by atoms with van der Waals surface area (Å²) in [6.07, 6.45) is 0. The van der Waals surface area contributed by atoms with Gasteiger partial charge in [-0.25, -0.2) is 0 Å². The van der Waals surface area contributed by atoms with Crippen LogP contribution >= 0.6 is 23.2 Å². The second-order valence-corrected chi connectivity index (χ2v) is 8.62. The van der Waals surface area contributed by atoms with Gasteiger partial charge >= 0.3 is 5.97 Å². The molecule has 0 aliphatic carbocycles. The van der Waals surface area contributed by atoms with Crippen molar-refractivity contribution in [3.8, 4) is 0 Å². The topological polar surface area (TPSA) is 55.4 Å². The van der Waals surface area contributed by atoms with Crippen LogP contribution in [0, 0.1) is 11.3 Å². The molecule has 1 aliphatic rings. The van der Waals surface area contributed by atoms with Crippen LogP contribution < -0.4 is 5.32 Å². The fraction of sp³-hybridized carbons (Fsp3) is 0.474. The summed E-state index contributed by atoms with van der Waals surface area (Å²) < 4.78 is 5.74. The third-order valence-electron chi connectivity index (χ3n) is 4.46. The molecule has 1 unspecified atom stereocenters. The Hall–Kier alpha value is -1.52. The summed E-state index contributed by atoms with van der Waals surface area (Å²) >= 11 is 12.3. The van der Waals surface area contributed by atoms with Gasteiger partial charge in [0.2, 0.25) is 0 Å². The fourth-order valence-corrected chi connectivity index (χ4v) is 2.97. The molecule has 2 rings (SSSR count). The molecule has 6 heteroatoms. The van der Waals surface area contributed by atoms with Gasteiger partial charge in [-0.1, -0.05) is 43.1 Å². The van der Waals surface area contributed by atoms with Gasteiger partial charge in [0.1, 0.15) is 5.76 Å². The van der Waals surface area contributed by atoms with Gasteiger partial charge in [-0.05, 0) is 45.7 Å². The smallest absolute Gasteiger partial charge is 0.316 e. The van der Waals surface area contributed by atoms with E-state index in [2.05, 4.69) is 5.32 Å². The second kappa shape index (κ2) is 6.65. The third-order valence-corrected chi connectivity index (χ3v) is 5.01. The summed E-state index contributed by atoms with van der Waals surface area (Å²) in [5.74, 6) is -0.426. The van der Waals surface area contributed by atoms with Gasteiger partial charge in [0.05, 0.1) is 21.5 Å². The number of rotatable bonds is 3. The zero-order valence-electron chi connectivity index (χ0n) is 15.3. The standard InChI is InChI=1S/C19H23Cl2NO3/c1-10(2)19(6)15(25-17(24)18(3,4)5)14(16(23)22-19)12-8-7-11(20)9-13(12)21/h7-10H,1-6H3,(H,22,23). The Kier molecular flexibility index (Phi) is 5.27. The van der Waals surface area contributed by atoms with Gasteiger partial charge in [0.15, 0.2) is 0 Å². The molecule has 0 saturated carbocycles. The van der Waals surface area contributed by atoms with Crippen molar-refractivity contribution in [1.82, 2.24) is 5.32 Å². The largest absolute Gasteiger partial charge is 0.427 e. The number of halogens is 2. The van der Waals surface area contributed by atoms with E-state index in [0.717, 1.165) is 0 Å². The highest BCUT2D eigenvalue weighted by molar-refractivity contribution is 6.38. The van der Waals surface area contributed by atoms with Crippen LogP contribution in [-0.2, 0) is 14.3 Å². The number of nitrogens with one attached hydrogen (secondary N) is 1. The van der Waals surface area contributed by atoms with Crippen LogP contribution in [0.4, 0.5) is 0 Å². The first-order chi connectivity index (χ1) is 11.4. The lowest BCUT2D eigenvalue weighted by molar-refractivity contribution is -0.149. The summed E-state index contributed by atoms with van der Waals surface area (Å²) in [7, 11) is 0. The molecule has 0 saturated heterocycles. The van der Waals surface area contributed by atoms with Crippen LogP contribution in [0.3, 0.4) is 0 Å². The summed E-state index contributed by atoms with van der Waals surface area (Å²) in [4.78, 5) is 25.2. The van der Waals surface area contributed by atoms with Crippen LogP contribution in [0.5, 0.6) is 0 Å². The minimum absolute atomic E-state index is 0.00259. The number of esters is 1. The monoisotopic (exact) mass is 383 g/mol. The van der Waals surface area contributed by atoms with Crippen molar-refractivity contribution in [3.05, 3.63) is 39.6 Å². The number of benzene rings is 1. The first-order valence-electron chi connectivity index (χ1n) is 8.13. The Labute approximate surface area is 158 Å². The predicted molar refractivity (Wildman–Crippen MR) is 100 cm³/mol. The predicted octanol–water partition coefficient (Wildman–Crippen LogP) is 4.84. The molecule has 0 aromatic heterocycles. The van der Waals surface area contributed by atoms with E-state index in [1.165, 1.54) is 0 Å². The second-order valence-electron chi connectivity index (χ2n) is 7.78. The average Bonchev–Trinajstić information content (AvgIpc) is 2.71. The number of hydrogen-bond acceptors (Lipinski definition) is 3. The molecule has 136 valence electrons. The van der Waals surface area contributed by atoms with Crippen molar-refractivity contribution in [3.63, 3.8) is 0 Å². The quantitative estimate of drug-likeness (QED) is 0.759. The molecule has 4 nitrogen and oxygen atoms in total. The molecule has 0 fully saturated rings. The molecular weight excluding hydrogens is 361 g/mol. The van der Waals surface area contributed by atoms with E-state index in [9.17, 15) is 9.59 Å². The molecule has 1 N–H and O–H groups in total. The van der Waals surface area contributed by atoms with Crippen molar-refractivity contribution in [2.45, 2.75) is 47.1 Å². The minimum Gasteiger partial charge on any atom is -0.427 e. The van der Waals surface area contributed by atoms with Gasteiger partial charge in [0.25, 0.3) is 5.91 Å². The minimum atomic E-state index is -0.809. The van der Waals surface area contributed by atoms with Gasteiger partial charge in [-0.2, -0.15) is 0 Å². The molecular formula is C19H23Cl2NO3. The first-order valence-corrected chi connectivity index (χ1v) is 8.88. The average molecular weight is 384 g/mol. The van der Waals surface area contributed by atoms with Crippen molar-refractivity contribution < 1.29 is 14.3 Å². The zero-order chi connectivity index (χ0) is 19.2. The molecule has 25 heavy (non-hydrogen) atoms. The number of amides is 1. The van der Waals surface area contributed by atoms with E-state index < -0.39 is 16.9 Å². The molecule has 1 heterocycles. The molecule has 0 bridgehead atoms.